The molecule has 7 aliphatic rings. The summed E-state index contributed by atoms with van der Waals surface area (Å²) in [7, 11) is 0. The first kappa shape index (κ1) is 43.0. The summed E-state index contributed by atoms with van der Waals surface area (Å²) in [6, 6.07) is 18.6. The van der Waals surface area contributed by atoms with Gasteiger partial charge in [-0.25, -0.2) is 33.6 Å². The quantitative estimate of drug-likeness (QED) is 0.100. The number of carbonyl (C=O) groups excluding carboxylic acids is 11. The maximum absolute atomic E-state index is 11.7. The molecule has 6 aliphatic heterocycles. The first-order valence-electron chi connectivity index (χ1n) is 19.2. The average molecular weight is 883 g/mol. The van der Waals surface area contributed by atoms with Gasteiger partial charge in [0.1, 0.15) is 17.3 Å². The number of hydrogen-bond acceptors (Lipinski definition) is 18. The summed E-state index contributed by atoms with van der Waals surface area (Å²) < 4.78 is 33.3. The number of hydrogen-bond donors (Lipinski definition) is 0. The van der Waals surface area contributed by atoms with Gasteiger partial charge in [-0.15, -0.1) is 0 Å². The van der Waals surface area contributed by atoms with Crippen molar-refractivity contribution < 1.29 is 85.9 Å². The van der Waals surface area contributed by atoms with E-state index in [1.54, 1.807) is 43.3 Å². The number of benzene rings is 4. The molecule has 4 unspecified atom stereocenters. The summed E-state index contributed by atoms with van der Waals surface area (Å²) in [5.74, 6) is -7.56. The lowest BCUT2D eigenvalue weighted by molar-refractivity contribution is -0.155. The number of esters is 11. The molecule has 18 nitrogen and oxygen atoms in total. The van der Waals surface area contributed by atoms with Crippen LogP contribution in [0.3, 0.4) is 0 Å². The Labute approximate surface area is 365 Å². The number of rotatable bonds is 4. The van der Waals surface area contributed by atoms with Gasteiger partial charge in [-0.05, 0) is 91.1 Å². The van der Waals surface area contributed by atoms with Crippen LogP contribution in [-0.2, 0) is 47.6 Å². The fraction of sp³-hybridized carbons (Fsp3) is 0.170. The minimum Gasteiger partial charge on any atom is -0.457 e. The maximum Gasteiger partial charge on any atom is 0.347 e. The van der Waals surface area contributed by atoms with Gasteiger partial charge in [0, 0.05) is 5.56 Å². The van der Waals surface area contributed by atoms with Crippen molar-refractivity contribution in [2.45, 2.75) is 27.2 Å². The van der Waals surface area contributed by atoms with Gasteiger partial charge in [0.15, 0.2) is 0 Å². The van der Waals surface area contributed by atoms with Gasteiger partial charge >= 0.3 is 65.7 Å². The van der Waals surface area contributed by atoms with Crippen molar-refractivity contribution in [2.75, 3.05) is 0 Å². The Morgan fingerprint density at radius 1 is 0.477 bits per heavy atom. The molecule has 4 aromatic rings. The third-order valence-corrected chi connectivity index (χ3v) is 11.3. The molecule has 6 heterocycles. The lowest BCUT2D eigenvalue weighted by Crippen LogP contribution is -2.31. The zero-order chi connectivity index (χ0) is 45.3. The van der Waals surface area contributed by atoms with E-state index in [0.29, 0.717) is 45.9 Å². The van der Waals surface area contributed by atoms with Crippen LogP contribution >= 0.6 is 0 Å². The number of fused-ring (bicyclic) bond motifs is 5. The molecule has 1 aliphatic carbocycles. The van der Waals surface area contributed by atoms with E-state index in [1.165, 1.54) is 42.5 Å². The molecule has 2 fully saturated rings. The van der Waals surface area contributed by atoms with Crippen LogP contribution in [0.25, 0.3) is 16.9 Å². The van der Waals surface area contributed by atoms with Gasteiger partial charge in [-0.2, -0.15) is 0 Å². The fourth-order valence-corrected chi connectivity index (χ4v) is 8.19. The predicted octanol–water partition coefficient (Wildman–Crippen LogP) is 5.90. The molecule has 0 bridgehead atoms. The minimum absolute atomic E-state index is 0. The zero-order valence-electron chi connectivity index (χ0n) is 32.8. The standard InChI is InChI=1S/C17H8O6.C16H6O6.C13H12O6.CH4/c1-8-11-4-2-9(6-13(11)16(19)21-8)22-10-3-5-12-14(7-10)17(20)23-15(12)18;17-13-9-3-1-7(5-11(9)15(19)21-13)8-2-4-10-12(6-8)16(20)22-14(10)18;1-5-2-6(7-4-9(14)18-11(7)15)3-8-10(5)13(17)19-12(8)16;/h2-7H,1H2;1-6H;2,6-8,10H,3-4H2,1H3;1H4. The highest BCUT2D eigenvalue weighted by Crippen LogP contribution is 2.44. The van der Waals surface area contributed by atoms with Crippen molar-refractivity contribution in [1.29, 1.82) is 0 Å². The molecule has 4 aromatic carbocycles. The van der Waals surface area contributed by atoms with E-state index >= 15 is 0 Å². The maximum atomic E-state index is 11.7. The first-order valence-corrected chi connectivity index (χ1v) is 19.2. The SMILES string of the molecule is C.C=C1OC(=O)c2cc(Oc3ccc4c(c3)C(=O)OC4=O)ccc21.CC1=CC(C2CC(=O)OC2=O)CC2C(=O)OC(=O)C12.O=C1OC(=O)c2cc(-c3ccc4c(c3)C(=O)OC4=O)ccc21. The molecule has 11 rings (SSSR count). The van der Waals surface area contributed by atoms with Crippen molar-refractivity contribution in [3.05, 3.63) is 136 Å². The molecule has 4 atom stereocenters. The largest absolute Gasteiger partial charge is 0.457 e. The van der Waals surface area contributed by atoms with Crippen LogP contribution in [0.5, 0.6) is 11.5 Å². The lowest BCUT2D eigenvalue weighted by atomic mass is 9.72. The monoisotopic (exact) mass is 882 g/mol. The zero-order valence-corrected chi connectivity index (χ0v) is 32.8. The first-order chi connectivity index (χ1) is 30.5. The molecule has 326 valence electrons. The van der Waals surface area contributed by atoms with Crippen LogP contribution in [0, 0.1) is 23.7 Å². The number of ether oxygens (including phenoxy) is 7. The van der Waals surface area contributed by atoms with E-state index in [1.807, 2.05) is 0 Å². The van der Waals surface area contributed by atoms with E-state index in [2.05, 4.69) is 30.3 Å². The van der Waals surface area contributed by atoms with Crippen molar-refractivity contribution >= 4 is 71.4 Å². The Hall–Kier alpha value is -8.67. The summed E-state index contributed by atoms with van der Waals surface area (Å²) in [4.78, 5) is 126. The van der Waals surface area contributed by atoms with Crippen LogP contribution < -0.4 is 4.74 Å². The number of allylic oxidation sites excluding steroid dienone is 1. The van der Waals surface area contributed by atoms with Crippen LogP contribution in [0.15, 0.2) is 91.0 Å². The second-order valence-corrected chi connectivity index (χ2v) is 15.1. The normalized spacial score (nSPS) is 21.6. The van der Waals surface area contributed by atoms with Crippen LogP contribution in [0.1, 0.15) is 105 Å². The summed E-state index contributed by atoms with van der Waals surface area (Å²) in [6.07, 6.45) is 2.18. The van der Waals surface area contributed by atoms with Gasteiger partial charge in [0.25, 0.3) is 0 Å². The smallest absolute Gasteiger partial charge is 0.347 e. The molecule has 0 spiro atoms. The van der Waals surface area contributed by atoms with E-state index in [4.69, 9.17) is 9.47 Å². The summed E-state index contributed by atoms with van der Waals surface area (Å²) in [5.41, 5.74) is 4.11. The molecule has 0 amide bonds. The van der Waals surface area contributed by atoms with Gasteiger partial charge in [0.05, 0.1) is 63.1 Å². The van der Waals surface area contributed by atoms with E-state index in [-0.39, 0.29) is 53.1 Å². The third-order valence-electron chi connectivity index (χ3n) is 11.3. The molecule has 65 heavy (non-hydrogen) atoms. The Bertz CT molecular complexity index is 2840. The number of carbonyl (C=O) groups is 11. The van der Waals surface area contributed by atoms with Crippen LogP contribution in [-0.4, -0.2) is 65.7 Å². The fourth-order valence-electron chi connectivity index (χ4n) is 8.19. The van der Waals surface area contributed by atoms with Crippen molar-refractivity contribution in [2.24, 2.45) is 23.7 Å². The topological polar surface area (TPSA) is 252 Å². The molecule has 2 saturated heterocycles. The average Bonchev–Trinajstić information content (AvgIpc) is 4.07. The second-order valence-electron chi connectivity index (χ2n) is 15.1. The Morgan fingerprint density at radius 2 is 0.908 bits per heavy atom. The van der Waals surface area contributed by atoms with E-state index in [0.717, 1.165) is 5.57 Å². The predicted molar refractivity (Wildman–Crippen MR) is 214 cm³/mol. The number of cyclic esters (lactones) is 11. The Morgan fingerprint density at radius 3 is 1.42 bits per heavy atom. The molecular formula is C47H30O18. The molecule has 0 saturated carbocycles. The van der Waals surface area contributed by atoms with E-state index in [9.17, 15) is 52.7 Å². The third kappa shape index (κ3) is 7.66. The lowest BCUT2D eigenvalue weighted by Gasteiger charge is -2.27. The molecule has 18 heteroatoms. The highest BCUT2D eigenvalue weighted by Gasteiger charge is 2.51. The van der Waals surface area contributed by atoms with Gasteiger partial charge in [0.2, 0.25) is 0 Å². The van der Waals surface area contributed by atoms with Gasteiger partial charge < -0.3 is 33.2 Å². The van der Waals surface area contributed by atoms with Crippen molar-refractivity contribution in [1.82, 2.24) is 0 Å². The highest BCUT2D eigenvalue weighted by atomic mass is 16.6. The molecular weight excluding hydrogens is 852 g/mol. The summed E-state index contributed by atoms with van der Waals surface area (Å²) in [6.45, 7) is 5.39. The molecule has 0 aromatic heterocycles. The van der Waals surface area contributed by atoms with Crippen molar-refractivity contribution in [3.8, 4) is 22.6 Å². The van der Waals surface area contributed by atoms with E-state index < -0.39 is 83.4 Å². The van der Waals surface area contributed by atoms with Gasteiger partial charge in [-0.1, -0.05) is 37.8 Å². The van der Waals surface area contributed by atoms with Crippen molar-refractivity contribution in [3.63, 3.8) is 0 Å². The van der Waals surface area contributed by atoms with Gasteiger partial charge in [-0.3, -0.25) is 19.2 Å². The second kappa shape index (κ2) is 16.2. The van der Waals surface area contributed by atoms with Crippen LogP contribution in [0.4, 0.5) is 0 Å². The summed E-state index contributed by atoms with van der Waals surface area (Å²) >= 11 is 0. The Balaban J connectivity index is 0.000000133. The molecule has 0 N–H and O–H groups in total. The van der Waals surface area contributed by atoms with Crippen LogP contribution in [0.2, 0.25) is 0 Å². The summed E-state index contributed by atoms with van der Waals surface area (Å²) in [5, 5.41) is 0. The Kier molecular flexibility index (Phi) is 10.7. The minimum atomic E-state index is -0.704. The molecule has 0 radical (unpaired) electrons. The highest BCUT2D eigenvalue weighted by molar-refractivity contribution is 6.17.